The highest BCUT2D eigenvalue weighted by Gasteiger charge is 2.27. The van der Waals surface area contributed by atoms with Crippen LogP contribution in [0.5, 0.6) is 0 Å². The molecule has 0 atom stereocenters. The Bertz CT molecular complexity index is 789. The predicted molar refractivity (Wildman–Crippen MR) is 104 cm³/mol. The van der Waals surface area contributed by atoms with E-state index in [1.165, 1.54) is 16.0 Å². The largest absolute Gasteiger partial charge is 0.322 e. The molecule has 0 aliphatic carbocycles. The maximum Gasteiger partial charge on any atom is 0.312 e. The molecule has 1 aromatic heterocycles. The van der Waals surface area contributed by atoms with Crippen LogP contribution in [-0.2, 0) is 13.2 Å². The number of nitrogens with zero attached hydrogens (tertiary/aromatic N) is 3. The molecule has 3 rings (SSSR count). The number of nitrogens with one attached hydrogen (secondary N) is 2. The molecule has 0 amide bonds. The quantitative estimate of drug-likeness (QED) is 0.571. The van der Waals surface area contributed by atoms with E-state index in [1.807, 2.05) is 0 Å². The third-order valence-electron chi connectivity index (χ3n) is 5.66. The molecule has 0 radical (unpaired) electrons. The zero-order valence-electron chi connectivity index (χ0n) is 16.8. The van der Waals surface area contributed by atoms with Gasteiger partial charge >= 0.3 is 5.69 Å². The van der Waals surface area contributed by atoms with Crippen LogP contribution in [0.4, 0.5) is 5.69 Å². The molecule has 1 aliphatic heterocycles. The van der Waals surface area contributed by atoms with Gasteiger partial charge in [-0.05, 0) is 25.3 Å². The van der Waals surface area contributed by atoms with Crippen LogP contribution in [0, 0.1) is 24.0 Å². The van der Waals surface area contributed by atoms with Crippen molar-refractivity contribution in [3.63, 3.8) is 0 Å². The Hall–Kier alpha value is -2.25. The van der Waals surface area contributed by atoms with E-state index < -0.39 is 0 Å². The average Bonchev–Trinajstić information content (AvgIpc) is 2.90. The van der Waals surface area contributed by atoms with Crippen LogP contribution in [0.25, 0.3) is 0 Å². The topological polar surface area (TPSA) is 69.8 Å². The number of aromatic nitrogens is 2. The van der Waals surface area contributed by atoms with Crippen LogP contribution in [0.1, 0.15) is 42.3 Å². The second-order valence-electron chi connectivity index (χ2n) is 8.01. The van der Waals surface area contributed by atoms with Crippen LogP contribution < -0.4 is 9.80 Å². The van der Waals surface area contributed by atoms with E-state index in [0.717, 1.165) is 32.7 Å². The van der Waals surface area contributed by atoms with Crippen molar-refractivity contribution in [2.45, 2.75) is 46.8 Å². The number of benzene rings is 1. The first-order valence-electron chi connectivity index (χ1n) is 9.79. The van der Waals surface area contributed by atoms with Gasteiger partial charge in [0.2, 0.25) is 0 Å². The van der Waals surface area contributed by atoms with Gasteiger partial charge < -0.3 is 9.80 Å². The van der Waals surface area contributed by atoms with Crippen molar-refractivity contribution in [1.82, 2.24) is 9.78 Å². The maximum atomic E-state index is 11.2. The van der Waals surface area contributed by atoms with E-state index in [1.54, 1.807) is 23.4 Å². The summed E-state index contributed by atoms with van der Waals surface area (Å²) >= 11 is 0. The number of hydrogen-bond donors (Lipinski definition) is 2. The van der Waals surface area contributed by atoms with Gasteiger partial charge in [-0.15, -0.1) is 0 Å². The molecule has 1 aromatic carbocycles. The van der Waals surface area contributed by atoms with E-state index in [4.69, 9.17) is 0 Å². The Morgan fingerprint density at radius 2 is 1.70 bits per heavy atom. The Morgan fingerprint density at radius 1 is 1.11 bits per heavy atom. The first-order chi connectivity index (χ1) is 12.8. The highest BCUT2D eigenvalue weighted by Crippen LogP contribution is 2.20. The highest BCUT2D eigenvalue weighted by molar-refractivity contribution is 5.39. The molecule has 7 heteroatoms. The number of aryl methyl sites for hydroxylation is 1. The summed E-state index contributed by atoms with van der Waals surface area (Å²) in [5, 5.41) is 15.5. The number of nitro groups is 1. The van der Waals surface area contributed by atoms with Gasteiger partial charge in [-0.1, -0.05) is 38.1 Å². The summed E-state index contributed by atoms with van der Waals surface area (Å²) in [5.74, 6) is 0.573. The molecule has 0 unspecified atom stereocenters. The Kier molecular flexibility index (Phi) is 5.92. The van der Waals surface area contributed by atoms with Crippen molar-refractivity contribution in [2.75, 3.05) is 26.2 Å². The highest BCUT2D eigenvalue weighted by atomic mass is 16.6. The lowest BCUT2D eigenvalue weighted by molar-refractivity contribution is -1.03. The van der Waals surface area contributed by atoms with Crippen molar-refractivity contribution in [1.29, 1.82) is 0 Å². The third-order valence-corrected chi connectivity index (χ3v) is 5.66. The molecule has 1 saturated heterocycles. The normalized spacial score (nSPS) is 20.2. The summed E-state index contributed by atoms with van der Waals surface area (Å²) in [7, 11) is 0. The molecule has 1 aliphatic rings. The van der Waals surface area contributed by atoms with Crippen LogP contribution >= 0.6 is 0 Å². The Labute approximate surface area is 160 Å². The number of piperazine rings is 1. The van der Waals surface area contributed by atoms with Gasteiger partial charge in [0.15, 0.2) is 6.67 Å². The molecule has 27 heavy (non-hydrogen) atoms. The minimum Gasteiger partial charge on any atom is -0.322 e. The zero-order chi connectivity index (χ0) is 19.6. The van der Waals surface area contributed by atoms with Crippen LogP contribution in [0.15, 0.2) is 24.3 Å². The van der Waals surface area contributed by atoms with Gasteiger partial charge in [-0.2, -0.15) is 5.10 Å². The van der Waals surface area contributed by atoms with E-state index in [9.17, 15) is 10.1 Å². The minimum absolute atomic E-state index is 0.156. The molecule has 1 fully saturated rings. The van der Waals surface area contributed by atoms with E-state index in [2.05, 4.69) is 43.2 Å². The van der Waals surface area contributed by atoms with Crippen LogP contribution in [0.2, 0.25) is 0 Å². The number of quaternary nitrogens is 2. The smallest absolute Gasteiger partial charge is 0.312 e. The molecular weight excluding hydrogens is 342 g/mol. The molecule has 146 valence electrons. The van der Waals surface area contributed by atoms with E-state index in [0.29, 0.717) is 24.0 Å². The van der Waals surface area contributed by atoms with Gasteiger partial charge in [0, 0.05) is 5.56 Å². The molecule has 2 aromatic rings. The van der Waals surface area contributed by atoms with Crippen molar-refractivity contribution in [3.8, 4) is 0 Å². The van der Waals surface area contributed by atoms with E-state index >= 15 is 0 Å². The number of rotatable bonds is 6. The number of hydrogen-bond acceptors (Lipinski definition) is 3. The summed E-state index contributed by atoms with van der Waals surface area (Å²) in [5.41, 5.74) is 4.11. The van der Waals surface area contributed by atoms with Crippen molar-refractivity contribution >= 4 is 5.69 Å². The molecule has 2 N–H and O–H groups in total. The summed E-state index contributed by atoms with van der Waals surface area (Å²) in [6, 6.07) is 9.01. The molecule has 2 heterocycles. The lowest BCUT2D eigenvalue weighted by Gasteiger charge is -2.29. The lowest BCUT2D eigenvalue weighted by atomic mass is 10.0. The fourth-order valence-corrected chi connectivity index (χ4v) is 3.92. The SMILES string of the molecule is Cc1nn(C[NH+]2CC[NH+](Cc3ccc(C(C)C)cc3)CC2)c(C)c1[N+](=O)[O-]. The zero-order valence-corrected chi connectivity index (χ0v) is 16.8. The van der Waals surface area contributed by atoms with Crippen molar-refractivity contribution in [2.24, 2.45) is 0 Å². The lowest BCUT2D eigenvalue weighted by Crippen LogP contribution is -3.27. The minimum atomic E-state index is -0.323. The first-order valence-corrected chi connectivity index (χ1v) is 9.79. The standard InChI is InChI=1S/C20H29N5O2/c1-15(2)19-7-5-18(6-8-19)13-22-9-11-23(12-10-22)14-24-17(4)20(25(26)27)16(3)21-24/h5-8,15H,9-14H2,1-4H3/p+2. The molecule has 7 nitrogen and oxygen atoms in total. The van der Waals surface area contributed by atoms with Crippen molar-refractivity contribution < 1.29 is 14.7 Å². The summed E-state index contributed by atoms with van der Waals surface area (Å²) in [4.78, 5) is 13.9. The fourth-order valence-electron chi connectivity index (χ4n) is 3.92. The van der Waals surface area contributed by atoms with Crippen LogP contribution in [-0.4, -0.2) is 40.9 Å². The second-order valence-corrected chi connectivity index (χ2v) is 8.01. The van der Waals surface area contributed by atoms with E-state index in [-0.39, 0.29) is 10.6 Å². The Morgan fingerprint density at radius 3 is 2.22 bits per heavy atom. The van der Waals surface area contributed by atoms with Crippen LogP contribution in [0.3, 0.4) is 0 Å². The molecule has 0 saturated carbocycles. The second kappa shape index (κ2) is 8.19. The van der Waals surface area contributed by atoms with Crippen molar-refractivity contribution in [3.05, 3.63) is 56.9 Å². The van der Waals surface area contributed by atoms with Gasteiger partial charge in [0.1, 0.15) is 44.1 Å². The molecule has 0 spiro atoms. The van der Waals surface area contributed by atoms with Gasteiger partial charge in [-0.25, -0.2) is 4.68 Å². The predicted octanol–water partition coefficient (Wildman–Crippen LogP) is 0.473. The molecular formula is C20H31N5O2+2. The average molecular weight is 374 g/mol. The summed E-state index contributed by atoms with van der Waals surface area (Å²) in [6.07, 6.45) is 0. The first kappa shape index (κ1) is 19.5. The van der Waals surface area contributed by atoms with Gasteiger partial charge in [0.25, 0.3) is 0 Å². The molecule has 0 bridgehead atoms. The summed E-state index contributed by atoms with van der Waals surface area (Å²) < 4.78 is 1.80. The van der Waals surface area contributed by atoms with Gasteiger partial charge in [-0.3, -0.25) is 10.1 Å². The van der Waals surface area contributed by atoms with Gasteiger partial charge in [0.05, 0.1) is 4.92 Å². The monoisotopic (exact) mass is 373 g/mol. The Balaban J connectivity index is 1.53. The maximum absolute atomic E-state index is 11.2. The fraction of sp³-hybridized carbons (Fsp3) is 0.550. The third kappa shape index (κ3) is 4.54. The summed E-state index contributed by atoms with van der Waals surface area (Å²) in [6.45, 7) is 14.1.